The van der Waals surface area contributed by atoms with Crippen LogP contribution < -0.4 is 15.2 Å². The highest BCUT2D eigenvalue weighted by Crippen LogP contribution is 2.33. The molecule has 0 radical (unpaired) electrons. The van der Waals surface area contributed by atoms with E-state index in [-0.39, 0.29) is 0 Å². The van der Waals surface area contributed by atoms with Crippen LogP contribution in [0.25, 0.3) is 11.1 Å². The Hall–Kier alpha value is -2.26. The Morgan fingerprint density at radius 1 is 1.04 bits per heavy atom. The highest BCUT2D eigenvalue weighted by molar-refractivity contribution is 5.72. The minimum absolute atomic E-state index is 0.360. The molecule has 2 aromatic carbocycles. The third kappa shape index (κ3) is 4.67. The van der Waals surface area contributed by atoms with E-state index in [1.54, 1.807) is 0 Å². The van der Waals surface area contributed by atoms with Gasteiger partial charge in [-0.15, -0.1) is 0 Å². The van der Waals surface area contributed by atoms with Gasteiger partial charge in [-0.05, 0) is 60.7 Å². The van der Waals surface area contributed by atoms with Gasteiger partial charge in [-0.3, -0.25) is 5.01 Å². The van der Waals surface area contributed by atoms with E-state index in [0.717, 1.165) is 5.75 Å². The summed E-state index contributed by atoms with van der Waals surface area (Å²) >= 11 is 0. The fourth-order valence-electron chi connectivity index (χ4n) is 3.00. The van der Waals surface area contributed by atoms with Gasteiger partial charge in [0.2, 0.25) is 0 Å². The summed E-state index contributed by atoms with van der Waals surface area (Å²) in [5, 5.41) is 2.14. The lowest BCUT2D eigenvalue weighted by molar-refractivity contribution is 0.340. The molecule has 1 aliphatic rings. The summed E-state index contributed by atoms with van der Waals surface area (Å²) in [6.07, 6.45) is 4.29. The van der Waals surface area contributed by atoms with Crippen molar-refractivity contribution in [1.82, 2.24) is 5.43 Å². The molecule has 0 amide bonds. The first kappa shape index (κ1) is 20.1. The van der Waals surface area contributed by atoms with E-state index in [0.29, 0.717) is 18.6 Å². The fourth-order valence-corrected chi connectivity index (χ4v) is 3.00. The van der Waals surface area contributed by atoms with Gasteiger partial charge in [-0.25, -0.2) is 5.43 Å². The fraction of sp³-hybridized carbons (Fsp3) is 0.391. The number of nitrogens with one attached hydrogen (secondary N) is 1. The summed E-state index contributed by atoms with van der Waals surface area (Å²) in [5.41, 5.74) is 8.45. The predicted octanol–water partition coefficient (Wildman–Crippen LogP) is 6.13. The summed E-state index contributed by atoms with van der Waals surface area (Å²) in [6, 6.07) is 15.4. The van der Waals surface area contributed by atoms with Crippen molar-refractivity contribution in [2.45, 2.75) is 53.5 Å². The number of rotatable bonds is 5. The lowest BCUT2D eigenvalue weighted by Crippen LogP contribution is -2.34. The van der Waals surface area contributed by atoms with Crippen LogP contribution >= 0.6 is 0 Å². The van der Waals surface area contributed by atoms with E-state index >= 15 is 0 Å². The molecule has 1 atom stereocenters. The topological polar surface area (TPSA) is 24.5 Å². The van der Waals surface area contributed by atoms with Gasteiger partial charge in [0.1, 0.15) is 5.75 Å². The van der Waals surface area contributed by atoms with Crippen molar-refractivity contribution in [3.8, 4) is 16.9 Å². The zero-order chi connectivity index (χ0) is 19.1. The lowest BCUT2D eigenvalue weighted by atomic mass is 9.96. The molecule has 0 bridgehead atoms. The Morgan fingerprint density at radius 3 is 2.23 bits per heavy atom. The maximum absolute atomic E-state index is 5.54. The zero-order valence-corrected chi connectivity index (χ0v) is 16.9. The normalized spacial score (nSPS) is 15.8. The molecule has 26 heavy (non-hydrogen) atoms. The van der Waals surface area contributed by atoms with Gasteiger partial charge < -0.3 is 4.74 Å². The molecular formula is C23H32N2O. The van der Waals surface area contributed by atoms with Gasteiger partial charge in [0.15, 0.2) is 0 Å². The average Bonchev–Trinajstić information content (AvgIpc) is 3.10. The van der Waals surface area contributed by atoms with E-state index in [9.17, 15) is 0 Å². The van der Waals surface area contributed by atoms with Gasteiger partial charge in [0.25, 0.3) is 0 Å². The predicted molar refractivity (Wildman–Crippen MR) is 113 cm³/mol. The van der Waals surface area contributed by atoms with Gasteiger partial charge in [-0.2, -0.15) is 0 Å². The maximum atomic E-state index is 5.54. The highest BCUT2D eigenvalue weighted by atomic mass is 16.5. The van der Waals surface area contributed by atoms with Crippen LogP contribution in [0.4, 0.5) is 5.69 Å². The molecule has 1 heterocycles. The molecule has 0 spiro atoms. The lowest BCUT2D eigenvalue weighted by Gasteiger charge is -2.24. The molecule has 1 N–H and O–H groups in total. The molecule has 3 rings (SSSR count). The summed E-state index contributed by atoms with van der Waals surface area (Å²) in [7, 11) is 0. The Labute approximate surface area is 158 Å². The Balaban J connectivity index is 0.00000117. The van der Waals surface area contributed by atoms with Crippen molar-refractivity contribution < 1.29 is 4.74 Å². The summed E-state index contributed by atoms with van der Waals surface area (Å²) in [5.74, 6) is 1.39. The van der Waals surface area contributed by atoms with Gasteiger partial charge >= 0.3 is 0 Å². The summed E-state index contributed by atoms with van der Waals surface area (Å²) < 4.78 is 5.54. The molecular weight excluding hydrogens is 320 g/mol. The van der Waals surface area contributed by atoms with E-state index in [1.807, 2.05) is 32.9 Å². The van der Waals surface area contributed by atoms with Crippen molar-refractivity contribution in [2.75, 3.05) is 11.6 Å². The number of anilines is 1. The van der Waals surface area contributed by atoms with Crippen LogP contribution in [0.3, 0.4) is 0 Å². The second-order valence-corrected chi connectivity index (χ2v) is 6.51. The van der Waals surface area contributed by atoms with Crippen LogP contribution in [-0.4, -0.2) is 12.6 Å². The third-order valence-electron chi connectivity index (χ3n) is 4.28. The smallest absolute Gasteiger partial charge is 0.119 e. The van der Waals surface area contributed by atoms with Crippen molar-refractivity contribution in [1.29, 1.82) is 0 Å². The Kier molecular flexibility index (Phi) is 7.28. The molecule has 1 unspecified atom stereocenters. The van der Waals surface area contributed by atoms with Crippen LogP contribution in [0.1, 0.15) is 53.0 Å². The third-order valence-corrected chi connectivity index (χ3v) is 4.28. The second-order valence-electron chi connectivity index (χ2n) is 6.51. The molecule has 0 aliphatic carbocycles. The minimum Gasteiger partial charge on any atom is -0.494 e. The van der Waals surface area contributed by atoms with Crippen molar-refractivity contribution >= 4 is 5.69 Å². The summed E-state index contributed by atoms with van der Waals surface area (Å²) in [4.78, 5) is 0. The zero-order valence-electron chi connectivity index (χ0n) is 16.9. The first-order chi connectivity index (χ1) is 12.6. The van der Waals surface area contributed by atoms with Crippen molar-refractivity contribution in [2.24, 2.45) is 0 Å². The number of ether oxygens (including phenoxy) is 1. The molecule has 2 aromatic rings. The van der Waals surface area contributed by atoms with Gasteiger partial charge in [-0.1, -0.05) is 52.0 Å². The van der Waals surface area contributed by atoms with Crippen molar-refractivity contribution in [3.05, 3.63) is 60.3 Å². The number of nitrogens with zero attached hydrogens (tertiary/aromatic N) is 1. The van der Waals surface area contributed by atoms with Crippen LogP contribution in [0.15, 0.2) is 54.7 Å². The monoisotopic (exact) mass is 352 g/mol. The molecule has 140 valence electrons. The first-order valence-electron chi connectivity index (χ1n) is 9.69. The molecule has 0 fully saturated rings. The average molecular weight is 353 g/mol. The van der Waals surface area contributed by atoms with E-state index in [2.05, 4.69) is 73.8 Å². The Bertz CT molecular complexity index is 719. The van der Waals surface area contributed by atoms with Crippen LogP contribution in [-0.2, 0) is 0 Å². The largest absolute Gasteiger partial charge is 0.494 e. The Morgan fingerprint density at radius 2 is 1.69 bits per heavy atom. The molecule has 0 aromatic heterocycles. The molecule has 3 heteroatoms. The quantitative estimate of drug-likeness (QED) is 0.700. The minimum atomic E-state index is 0.360. The second kappa shape index (κ2) is 9.44. The summed E-state index contributed by atoms with van der Waals surface area (Å²) in [6.45, 7) is 13.3. The molecule has 0 saturated carbocycles. The SMILES string of the molecule is CC.CCOc1ccc(-c2ccc(C(C)C)c(N3C=CC(C)N3)c2)cc1. The van der Waals surface area contributed by atoms with E-state index in [4.69, 9.17) is 4.74 Å². The van der Waals surface area contributed by atoms with E-state index < -0.39 is 0 Å². The molecule has 3 nitrogen and oxygen atoms in total. The van der Waals surface area contributed by atoms with E-state index in [1.165, 1.54) is 22.4 Å². The van der Waals surface area contributed by atoms with Gasteiger partial charge in [0.05, 0.1) is 12.3 Å². The molecule has 1 aliphatic heterocycles. The first-order valence-corrected chi connectivity index (χ1v) is 9.69. The maximum Gasteiger partial charge on any atom is 0.119 e. The standard InChI is InChI=1S/C21H26N2O.C2H6/c1-5-24-19-9-6-17(7-10-19)18-8-11-20(15(2)3)21(14-18)23-13-12-16(4)22-23;1-2/h6-16,22H,5H2,1-4H3;1-2H3. The van der Waals surface area contributed by atoms with Crippen LogP contribution in [0.5, 0.6) is 5.75 Å². The van der Waals surface area contributed by atoms with Crippen LogP contribution in [0, 0.1) is 0 Å². The van der Waals surface area contributed by atoms with Crippen molar-refractivity contribution in [3.63, 3.8) is 0 Å². The van der Waals surface area contributed by atoms with Gasteiger partial charge in [0, 0.05) is 12.2 Å². The van der Waals surface area contributed by atoms with Crippen LogP contribution in [0.2, 0.25) is 0 Å². The number of hydrazine groups is 1. The number of benzene rings is 2. The number of hydrogen-bond acceptors (Lipinski definition) is 3. The highest BCUT2D eigenvalue weighted by Gasteiger charge is 2.18. The number of hydrogen-bond donors (Lipinski definition) is 1. The molecule has 0 saturated heterocycles.